The third kappa shape index (κ3) is 6.14. The van der Waals surface area contributed by atoms with Crippen molar-refractivity contribution in [3.8, 4) is 0 Å². The zero-order chi connectivity index (χ0) is 32.7. The first-order chi connectivity index (χ1) is 23.0. The third-order valence-electron chi connectivity index (χ3n) is 10.8. The first kappa shape index (κ1) is 32.0. The van der Waals surface area contributed by atoms with Crippen LogP contribution in [0.25, 0.3) is 21.5 Å². The smallest absolute Gasteiger partial charge is 0.113 e. The molecular weight excluding hydrogens is 565 g/mol. The first-order valence-corrected chi connectivity index (χ1v) is 17.1. The van der Waals surface area contributed by atoms with Gasteiger partial charge in [0.05, 0.1) is 20.1 Å². The van der Waals surface area contributed by atoms with E-state index in [-0.39, 0.29) is 0 Å². The molecule has 0 N–H and O–H groups in total. The van der Waals surface area contributed by atoms with Crippen LogP contribution in [0.5, 0.6) is 0 Å². The van der Waals surface area contributed by atoms with E-state index in [1.165, 1.54) is 49.0 Å². The average molecular weight is 612 g/mol. The molecule has 0 saturated heterocycles. The molecule has 47 heavy (non-hydrogen) atoms. The molecule has 0 aliphatic rings. The van der Waals surface area contributed by atoms with Crippen molar-refractivity contribution in [3.63, 3.8) is 0 Å². The lowest BCUT2D eigenvalue weighted by atomic mass is 9.13. The maximum absolute atomic E-state index is 2.39. The monoisotopic (exact) mass is 611 g/mol. The van der Waals surface area contributed by atoms with Gasteiger partial charge in [0.25, 0.3) is 0 Å². The molecule has 0 aromatic heterocycles. The van der Waals surface area contributed by atoms with Crippen molar-refractivity contribution in [1.82, 2.24) is 0 Å². The normalized spacial score (nSPS) is 12.3. The minimum atomic E-state index is -1.22. The van der Waals surface area contributed by atoms with Crippen molar-refractivity contribution in [3.05, 3.63) is 181 Å². The summed E-state index contributed by atoms with van der Waals surface area (Å²) in [4.78, 5) is 0. The van der Waals surface area contributed by atoms with Crippen LogP contribution in [0.4, 0.5) is 0 Å². The molecule has 0 aliphatic heterocycles. The van der Waals surface area contributed by atoms with Gasteiger partial charge in [-0.05, 0) is 48.4 Å². The van der Waals surface area contributed by atoms with Gasteiger partial charge < -0.3 is 4.48 Å². The van der Waals surface area contributed by atoms with E-state index in [0.717, 1.165) is 17.6 Å². The van der Waals surface area contributed by atoms with Crippen LogP contribution in [-0.4, -0.2) is 30.8 Å². The highest BCUT2D eigenvalue weighted by molar-refractivity contribution is 7.19. The molecule has 7 aromatic carbocycles. The molecule has 1 atom stereocenters. The Morgan fingerprint density at radius 2 is 0.745 bits per heavy atom. The molecule has 2 heteroatoms. The molecule has 0 radical (unpaired) electrons. The molecule has 1 unspecified atom stereocenters. The van der Waals surface area contributed by atoms with Gasteiger partial charge in [0.15, 0.2) is 0 Å². The second-order valence-corrected chi connectivity index (χ2v) is 13.0. The van der Waals surface area contributed by atoms with Crippen molar-refractivity contribution in [2.24, 2.45) is 0 Å². The van der Waals surface area contributed by atoms with Gasteiger partial charge in [0, 0.05) is 5.56 Å². The van der Waals surface area contributed by atoms with Gasteiger partial charge in [-0.3, -0.25) is 0 Å². The van der Waals surface area contributed by atoms with Gasteiger partial charge in [-0.2, -0.15) is 21.9 Å². The van der Waals surface area contributed by atoms with E-state index in [2.05, 4.69) is 204 Å². The Labute approximate surface area is 281 Å². The summed E-state index contributed by atoms with van der Waals surface area (Å²) in [5.41, 5.74) is 6.86. The zero-order valence-corrected chi connectivity index (χ0v) is 28.3. The maximum Gasteiger partial charge on any atom is 0.113 e. The fraction of sp³-hybridized carbons (Fsp3) is 0.156. The molecule has 7 rings (SSSR count). The minimum Gasteiger partial charge on any atom is -0.321 e. The fourth-order valence-electron chi connectivity index (χ4n) is 7.70. The number of rotatable bonds is 8. The number of hydrogen-bond donors (Lipinski definition) is 0. The van der Waals surface area contributed by atoms with Crippen molar-refractivity contribution in [1.29, 1.82) is 0 Å². The van der Waals surface area contributed by atoms with Gasteiger partial charge >= 0.3 is 0 Å². The van der Waals surface area contributed by atoms with E-state index in [4.69, 9.17) is 0 Å². The Bertz CT molecular complexity index is 1800. The second kappa shape index (κ2) is 14.2. The van der Waals surface area contributed by atoms with Crippen LogP contribution in [0, 0.1) is 0 Å². The predicted octanol–water partition coefficient (Wildman–Crippen LogP) is 8.60. The summed E-state index contributed by atoms with van der Waals surface area (Å²) in [5, 5.41) is 5.50. The van der Waals surface area contributed by atoms with Crippen LogP contribution in [0.1, 0.15) is 32.4 Å². The van der Waals surface area contributed by atoms with Crippen molar-refractivity contribution < 1.29 is 4.48 Å². The van der Waals surface area contributed by atoms with E-state index in [1.807, 2.05) is 0 Å². The number of hydrogen-bond acceptors (Lipinski definition) is 0. The van der Waals surface area contributed by atoms with E-state index in [9.17, 15) is 0 Å². The van der Waals surface area contributed by atoms with E-state index < -0.39 is 6.15 Å². The Kier molecular flexibility index (Phi) is 9.71. The molecule has 0 bridgehead atoms. The summed E-state index contributed by atoms with van der Waals surface area (Å²) in [6.07, 6.45) is -1.22. The highest BCUT2D eigenvalue weighted by Crippen LogP contribution is 2.37. The molecule has 0 heterocycles. The number of fused-ring (bicyclic) bond motifs is 2. The molecule has 1 nitrogen and oxygen atoms in total. The molecule has 7 aromatic rings. The Morgan fingerprint density at radius 1 is 0.447 bits per heavy atom. The zero-order valence-electron chi connectivity index (χ0n) is 28.3. The van der Waals surface area contributed by atoms with Crippen LogP contribution in [0.3, 0.4) is 0 Å². The van der Waals surface area contributed by atoms with Gasteiger partial charge in [0.2, 0.25) is 0 Å². The van der Waals surface area contributed by atoms with E-state index in [1.54, 1.807) is 0 Å². The van der Waals surface area contributed by atoms with E-state index >= 15 is 0 Å². The van der Waals surface area contributed by atoms with Gasteiger partial charge in [-0.1, -0.05) is 170 Å². The Balaban J connectivity index is 0.000000166. The SMILES string of the molecule is CC[N+](C)(CC)C(C)c1c2ccccc2cc2ccccc12.c1ccc([B-](c2ccccc2)(c2ccccc2)c2ccccc2)cc1. The highest BCUT2D eigenvalue weighted by Gasteiger charge is 2.31. The molecule has 234 valence electrons. The summed E-state index contributed by atoms with van der Waals surface area (Å²) in [6, 6.07) is 64.0. The maximum atomic E-state index is 2.39. The number of nitrogens with zero attached hydrogens (tertiary/aromatic N) is 1. The van der Waals surface area contributed by atoms with Gasteiger partial charge in [-0.25, -0.2) is 0 Å². The summed E-state index contributed by atoms with van der Waals surface area (Å²) in [7, 11) is 2.38. The molecule has 0 fully saturated rings. The van der Waals surface area contributed by atoms with Crippen molar-refractivity contribution in [2.45, 2.75) is 26.8 Å². The van der Waals surface area contributed by atoms with E-state index in [0.29, 0.717) is 6.04 Å². The molecule has 0 spiro atoms. The lowest BCUT2D eigenvalue weighted by Gasteiger charge is -2.44. The lowest BCUT2D eigenvalue weighted by molar-refractivity contribution is -0.934. The summed E-state index contributed by atoms with van der Waals surface area (Å²) >= 11 is 0. The fourth-order valence-corrected chi connectivity index (χ4v) is 7.70. The number of quaternary nitrogens is 1. The third-order valence-corrected chi connectivity index (χ3v) is 10.8. The Hall–Kier alpha value is -4.92. The largest absolute Gasteiger partial charge is 0.321 e. The lowest BCUT2D eigenvalue weighted by Crippen LogP contribution is -2.74. The highest BCUT2D eigenvalue weighted by atomic mass is 15.3. The van der Waals surface area contributed by atoms with Crippen LogP contribution in [0.2, 0.25) is 0 Å². The minimum absolute atomic E-state index is 0.478. The predicted molar refractivity (Wildman–Crippen MR) is 207 cm³/mol. The molecule has 0 saturated carbocycles. The van der Waals surface area contributed by atoms with Crippen LogP contribution < -0.4 is 21.9 Å². The molecule has 0 amide bonds. The van der Waals surface area contributed by atoms with Crippen LogP contribution >= 0.6 is 0 Å². The van der Waals surface area contributed by atoms with Crippen molar-refractivity contribution in [2.75, 3.05) is 20.1 Å². The standard InChI is InChI=1S/C24H20B.C21H26N/c1-5-13-21(14-6-1)25(22-15-7-2-8-16-22,23-17-9-3-10-18-23)24-19-11-4-12-20-24;1-5-22(4,6-2)16(3)21-19-13-9-7-11-17(19)15-18-12-8-10-14-20(18)21/h1-20H;7-16H,5-6H2,1-4H3/q-1;+1. The average Bonchev–Trinajstić information content (AvgIpc) is 3.15. The second-order valence-electron chi connectivity index (χ2n) is 13.0. The van der Waals surface area contributed by atoms with Gasteiger partial charge in [-0.15, -0.1) is 0 Å². The number of benzene rings is 7. The van der Waals surface area contributed by atoms with Gasteiger partial charge in [0.1, 0.15) is 12.2 Å². The Morgan fingerprint density at radius 3 is 1.06 bits per heavy atom. The summed E-state index contributed by atoms with van der Waals surface area (Å²) in [6.45, 7) is 9.28. The molecular formula is C45H46BN. The molecule has 0 aliphatic carbocycles. The first-order valence-electron chi connectivity index (χ1n) is 17.1. The van der Waals surface area contributed by atoms with Crippen LogP contribution in [-0.2, 0) is 0 Å². The van der Waals surface area contributed by atoms with Crippen molar-refractivity contribution >= 4 is 49.5 Å². The summed E-state index contributed by atoms with van der Waals surface area (Å²) in [5.74, 6) is 0. The quantitative estimate of drug-likeness (QED) is 0.0917. The summed E-state index contributed by atoms with van der Waals surface area (Å²) < 4.78 is 1.07. The topological polar surface area (TPSA) is 0 Å². The van der Waals surface area contributed by atoms with Crippen LogP contribution in [0.15, 0.2) is 176 Å².